The molecule has 0 radical (unpaired) electrons. The lowest BCUT2D eigenvalue weighted by molar-refractivity contribution is -0.138. The van der Waals surface area contributed by atoms with Crippen LogP contribution in [-0.4, -0.2) is 23.5 Å². The van der Waals surface area contributed by atoms with Gasteiger partial charge in [0, 0.05) is 12.5 Å². The lowest BCUT2D eigenvalue weighted by atomic mass is 9.95. The van der Waals surface area contributed by atoms with Gasteiger partial charge in [0.1, 0.15) is 0 Å². The van der Waals surface area contributed by atoms with Crippen molar-refractivity contribution in [1.82, 2.24) is 5.32 Å². The number of amides is 1. The Morgan fingerprint density at radius 3 is 2.14 bits per heavy atom. The van der Waals surface area contributed by atoms with E-state index in [2.05, 4.69) is 5.32 Å². The first-order valence-electron chi connectivity index (χ1n) is 7.72. The summed E-state index contributed by atoms with van der Waals surface area (Å²) in [5, 5.41) is 12.3. The van der Waals surface area contributed by atoms with Gasteiger partial charge in [-0.15, -0.1) is 0 Å². The van der Waals surface area contributed by atoms with Crippen molar-refractivity contribution in [1.29, 1.82) is 0 Å². The molecule has 0 aromatic heterocycles. The second kappa shape index (κ2) is 5.88. The molecule has 2 N–H and O–H groups in total. The third kappa shape index (κ3) is 3.43. The molecule has 4 nitrogen and oxygen atoms in total. The summed E-state index contributed by atoms with van der Waals surface area (Å²) in [6.07, 6.45) is 4.59. The molecule has 4 heteroatoms. The summed E-state index contributed by atoms with van der Waals surface area (Å²) in [6, 6.07) is 9.10. The third-order valence-electron chi connectivity index (χ3n) is 4.54. The zero-order valence-corrected chi connectivity index (χ0v) is 12.0. The Morgan fingerprint density at radius 2 is 1.67 bits per heavy atom. The fourth-order valence-electron chi connectivity index (χ4n) is 3.08. The van der Waals surface area contributed by atoms with Gasteiger partial charge in [-0.1, -0.05) is 30.3 Å². The molecule has 0 spiro atoms. The van der Waals surface area contributed by atoms with Gasteiger partial charge in [-0.05, 0) is 43.1 Å². The standard InChI is InChI=1S/C17H21NO3/c19-16(15(12-6-7-12)13-8-9-13)18-10-14(17(20)21)11-4-2-1-3-5-11/h1-5,12-15H,6-10H2,(H,18,19)(H,20,21). The van der Waals surface area contributed by atoms with Crippen molar-refractivity contribution in [2.45, 2.75) is 31.6 Å². The van der Waals surface area contributed by atoms with E-state index < -0.39 is 11.9 Å². The molecule has 3 rings (SSSR count). The molecule has 1 aromatic rings. The largest absolute Gasteiger partial charge is 0.481 e. The van der Waals surface area contributed by atoms with Gasteiger partial charge >= 0.3 is 5.97 Å². The van der Waals surface area contributed by atoms with E-state index in [0.29, 0.717) is 11.8 Å². The molecule has 0 aliphatic heterocycles. The van der Waals surface area contributed by atoms with Gasteiger partial charge < -0.3 is 10.4 Å². The number of rotatable bonds is 7. The lowest BCUT2D eigenvalue weighted by Crippen LogP contribution is -2.37. The number of carboxylic acid groups (broad SMARTS) is 1. The average Bonchev–Trinajstić information content (AvgIpc) is 3.35. The SMILES string of the molecule is O=C(O)C(CNC(=O)C(C1CC1)C1CC1)c1ccccc1. The maximum absolute atomic E-state index is 12.4. The summed E-state index contributed by atoms with van der Waals surface area (Å²) >= 11 is 0. The minimum atomic E-state index is -0.893. The summed E-state index contributed by atoms with van der Waals surface area (Å²) in [7, 11) is 0. The maximum Gasteiger partial charge on any atom is 0.312 e. The van der Waals surface area contributed by atoms with E-state index in [-0.39, 0.29) is 18.4 Å². The minimum absolute atomic E-state index is 0.0576. The number of benzene rings is 1. The highest BCUT2D eigenvalue weighted by atomic mass is 16.4. The summed E-state index contributed by atoms with van der Waals surface area (Å²) in [4.78, 5) is 23.8. The second-order valence-electron chi connectivity index (χ2n) is 6.25. The van der Waals surface area contributed by atoms with Crippen LogP contribution in [0.2, 0.25) is 0 Å². The molecule has 2 aliphatic carbocycles. The molecule has 0 saturated heterocycles. The Morgan fingerprint density at radius 1 is 1.10 bits per heavy atom. The van der Waals surface area contributed by atoms with Crippen molar-refractivity contribution in [2.24, 2.45) is 17.8 Å². The molecule has 1 amide bonds. The number of carbonyl (C=O) groups excluding carboxylic acids is 1. The first-order valence-corrected chi connectivity index (χ1v) is 7.72. The number of carboxylic acids is 1. The van der Waals surface area contributed by atoms with Crippen molar-refractivity contribution in [3.8, 4) is 0 Å². The summed E-state index contributed by atoms with van der Waals surface area (Å²) in [5.74, 6) is -0.308. The fraction of sp³-hybridized carbons (Fsp3) is 0.529. The highest BCUT2D eigenvalue weighted by Crippen LogP contribution is 2.49. The normalized spacial score (nSPS) is 19.3. The molecule has 2 saturated carbocycles. The Kier molecular flexibility index (Phi) is 3.95. The monoisotopic (exact) mass is 287 g/mol. The van der Waals surface area contributed by atoms with Crippen LogP contribution >= 0.6 is 0 Å². The van der Waals surface area contributed by atoms with Gasteiger partial charge in [0.25, 0.3) is 0 Å². The van der Waals surface area contributed by atoms with Crippen molar-refractivity contribution >= 4 is 11.9 Å². The van der Waals surface area contributed by atoms with Crippen LogP contribution < -0.4 is 5.32 Å². The van der Waals surface area contributed by atoms with Gasteiger partial charge in [0.15, 0.2) is 0 Å². The molecule has 1 atom stereocenters. The predicted octanol–water partition coefficient (Wildman–Crippen LogP) is 2.41. The van der Waals surface area contributed by atoms with Gasteiger partial charge in [-0.3, -0.25) is 9.59 Å². The first-order chi connectivity index (χ1) is 10.2. The van der Waals surface area contributed by atoms with E-state index in [1.165, 1.54) is 0 Å². The van der Waals surface area contributed by atoms with Crippen LogP contribution in [0.1, 0.15) is 37.2 Å². The maximum atomic E-state index is 12.4. The van der Waals surface area contributed by atoms with Crippen molar-refractivity contribution in [2.75, 3.05) is 6.54 Å². The number of hydrogen-bond acceptors (Lipinski definition) is 2. The highest BCUT2D eigenvalue weighted by molar-refractivity contribution is 5.82. The zero-order chi connectivity index (χ0) is 14.8. The minimum Gasteiger partial charge on any atom is -0.481 e. The third-order valence-corrected chi connectivity index (χ3v) is 4.54. The zero-order valence-electron chi connectivity index (χ0n) is 12.0. The van der Waals surface area contributed by atoms with Gasteiger partial charge in [-0.25, -0.2) is 0 Å². The van der Waals surface area contributed by atoms with Crippen LogP contribution in [0.4, 0.5) is 0 Å². The molecule has 2 aliphatic rings. The summed E-state index contributed by atoms with van der Waals surface area (Å²) in [6.45, 7) is 0.175. The number of hydrogen-bond donors (Lipinski definition) is 2. The Bertz CT molecular complexity index is 508. The summed E-state index contributed by atoms with van der Waals surface area (Å²) in [5.41, 5.74) is 0.736. The molecule has 0 bridgehead atoms. The van der Waals surface area contributed by atoms with Crippen LogP contribution in [0.15, 0.2) is 30.3 Å². The van der Waals surface area contributed by atoms with Crippen molar-refractivity contribution in [3.05, 3.63) is 35.9 Å². The summed E-state index contributed by atoms with van der Waals surface area (Å²) < 4.78 is 0. The lowest BCUT2D eigenvalue weighted by Gasteiger charge is -2.18. The van der Waals surface area contributed by atoms with Crippen molar-refractivity contribution < 1.29 is 14.7 Å². The number of aliphatic carboxylic acids is 1. The van der Waals surface area contributed by atoms with Crippen LogP contribution in [0.25, 0.3) is 0 Å². The number of nitrogens with one attached hydrogen (secondary N) is 1. The van der Waals surface area contributed by atoms with E-state index in [0.717, 1.165) is 31.2 Å². The molecular formula is C17H21NO3. The Hall–Kier alpha value is -1.84. The predicted molar refractivity (Wildman–Crippen MR) is 78.8 cm³/mol. The molecule has 21 heavy (non-hydrogen) atoms. The van der Waals surface area contributed by atoms with E-state index in [1.54, 1.807) is 12.1 Å². The molecule has 1 aromatic carbocycles. The van der Waals surface area contributed by atoms with Crippen molar-refractivity contribution in [3.63, 3.8) is 0 Å². The van der Waals surface area contributed by atoms with Gasteiger partial charge in [-0.2, -0.15) is 0 Å². The average molecular weight is 287 g/mol. The quantitative estimate of drug-likeness (QED) is 0.809. The molecule has 1 unspecified atom stereocenters. The Balaban J connectivity index is 1.61. The van der Waals surface area contributed by atoms with E-state index in [9.17, 15) is 14.7 Å². The van der Waals surface area contributed by atoms with Crippen LogP contribution in [0.3, 0.4) is 0 Å². The van der Waals surface area contributed by atoms with E-state index >= 15 is 0 Å². The first kappa shape index (κ1) is 14.1. The van der Waals surface area contributed by atoms with E-state index in [1.807, 2.05) is 18.2 Å². The van der Waals surface area contributed by atoms with Gasteiger partial charge in [0.05, 0.1) is 5.92 Å². The van der Waals surface area contributed by atoms with Crippen LogP contribution in [0.5, 0.6) is 0 Å². The molecule has 0 heterocycles. The Labute approximate surface area is 124 Å². The topological polar surface area (TPSA) is 66.4 Å². The highest BCUT2D eigenvalue weighted by Gasteiger charge is 2.45. The molecule has 2 fully saturated rings. The van der Waals surface area contributed by atoms with Gasteiger partial charge in [0.2, 0.25) is 5.91 Å². The molecule has 112 valence electrons. The fourth-order valence-corrected chi connectivity index (χ4v) is 3.08. The second-order valence-corrected chi connectivity index (χ2v) is 6.25. The van der Waals surface area contributed by atoms with Crippen LogP contribution in [-0.2, 0) is 9.59 Å². The van der Waals surface area contributed by atoms with E-state index in [4.69, 9.17) is 0 Å². The smallest absolute Gasteiger partial charge is 0.312 e. The molecular weight excluding hydrogens is 266 g/mol. The van der Waals surface area contributed by atoms with Crippen LogP contribution in [0, 0.1) is 17.8 Å². The number of carbonyl (C=O) groups is 2.